The number of carbonyl (C=O) groups is 1. The van der Waals surface area contributed by atoms with Crippen LogP contribution in [0.1, 0.15) is 23.2 Å². The normalized spacial score (nSPS) is 20.3. The first-order valence-corrected chi connectivity index (χ1v) is 8.37. The van der Waals surface area contributed by atoms with E-state index < -0.39 is 16.0 Å². The van der Waals surface area contributed by atoms with Crippen LogP contribution in [0.15, 0.2) is 29.2 Å². The molecule has 0 spiro atoms. The first-order chi connectivity index (χ1) is 9.95. The van der Waals surface area contributed by atoms with Gasteiger partial charge in [-0.15, -0.1) is 0 Å². The summed E-state index contributed by atoms with van der Waals surface area (Å²) in [5, 5.41) is 12.1. The number of aromatic carboxylic acids is 1. The monoisotopic (exact) mass is 312 g/mol. The molecule has 1 saturated heterocycles. The minimum Gasteiger partial charge on any atom is -0.478 e. The molecule has 1 aromatic rings. The fourth-order valence-electron chi connectivity index (χ4n) is 2.64. The van der Waals surface area contributed by atoms with Gasteiger partial charge in [0.25, 0.3) is 0 Å². The van der Waals surface area contributed by atoms with E-state index in [9.17, 15) is 13.2 Å². The van der Waals surface area contributed by atoms with E-state index in [4.69, 9.17) is 5.11 Å². The third kappa shape index (κ3) is 3.61. The van der Waals surface area contributed by atoms with Gasteiger partial charge >= 0.3 is 5.97 Å². The molecule has 1 heterocycles. The largest absolute Gasteiger partial charge is 0.478 e. The lowest BCUT2D eigenvalue weighted by atomic mass is 10.00. The van der Waals surface area contributed by atoms with Gasteiger partial charge < -0.3 is 10.4 Å². The van der Waals surface area contributed by atoms with E-state index in [-0.39, 0.29) is 10.5 Å². The lowest BCUT2D eigenvalue weighted by molar-refractivity contribution is 0.0696. The lowest BCUT2D eigenvalue weighted by Gasteiger charge is -2.31. The van der Waals surface area contributed by atoms with Crippen LogP contribution in [0.25, 0.3) is 0 Å². The molecule has 116 valence electrons. The van der Waals surface area contributed by atoms with E-state index in [0.29, 0.717) is 19.0 Å². The summed E-state index contributed by atoms with van der Waals surface area (Å²) in [6.45, 7) is 1.74. The molecular weight excluding hydrogens is 292 g/mol. The zero-order chi connectivity index (χ0) is 15.5. The molecule has 0 radical (unpaired) electrons. The SMILES string of the molecule is CNCC1CCCN(S(=O)(=O)c2cccc(C(=O)O)c2)C1. The van der Waals surface area contributed by atoms with Crippen molar-refractivity contribution in [2.75, 3.05) is 26.7 Å². The molecule has 1 fully saturated rings. The van der Waals surface area contributed by atoms with Crippen LogP contribution in [0.5, 0.6) is 0 Å². The van der Waals surface area contributed by atoms with Crippen molar-refractivity contribution in [3.8, 4) is 0 Å². The van der Waals surface area contributed by atoms with E-state index in [1.54, 1.807) is 0 Å². The Morgan fingerprint density at radius 2 is 2.24 bits per heavy atom. The standard InChI is InChI=1S/C14H20N2O4S/c1-15-9-11-4-3-7-16(10-11)21(19,20)13-6-2-5-12(8-13)14(17)18/h2,5-6,8,11,15H,3-4,7,9-10H2,1H3,(H,17,18). The summed E-state index contributed by atoms with van der Waals surface area (Å²) in [6.07, 6.45) is 1.83. The number of hydrogen-bond acceptors (Lipinski definition) is 4. The minimum atomic E-state index is -3.63. The van der Waals surface area contributed by atoms with Crippen LogP contribution in [-0.4, -0.2) is 50.5 Å². The Kier molecular flexibility index (Phi) is 4.97. The van der Waals surface area contributed by atoms with Gasteiger partial charge in [0.05, 0.1) is 10.5 Å². The quantitative estimate of drug-likeness (QED) is 0.847. The van der Waals surface area contributed by atoms with Crippen LogP contribution in [0, 0.1) is 5.92 Å². The van der Waals surface area contributed by atoms with Gasteiger partial charge in [0, 0.05) is 13.1 Å². The number of sulfonamides is 1. The molecule has 0 saturated carbocycles. The molecule has 0 amide bonds. The average molecular weight is 312 g/mol. The summed E-state index contributed by atoms with van der Waals surface area (Å²) in [5.41, 5.74) is -0.0140. The van der Waals surface area contributed by atoms with Crippen molar-refractivity contribution in [3.63, 3.8) is 0 Å². The summed E-state index contributed by atoms with van der Waals surface area (Å²) in [7, 11) is -1.78. The molecule has 6 nitrogen and oxygen atoms in total. The first kappa shape index (κ1) is 15.9. The molecule has 0 aliphatic carbocycles. The average Bonchev–Trinajstić information content (AvgIpc) is 2.48. The third-order valence-electron chi connectivity index (χ3n) is 3.69. The van der Waals surface area contributed by atoms with Crippen molar-refractivity contribution >= 4 is 16.0 Å². The van der Waals surface area contributed by atoms with Crippen LogP contribution < -0.4 is 5.32 Å². The topological polar surface area (TPSA) is 86.7 Å². The molecule has 7 heteroatoms. The van der Waals surface area contributed by atoms with E-state index >= 15 is 0 Å². The summed E-state index contributed by atoms with van der Waals surface area (Å²) >= 11 is 0. The smallest absolute Gasteiger partial charge is 0.335 e. The Labute approximate surface area is 124 Å². The highest BCUT2D eigenvalue weighted by Crippen LogP contribution is 2.24. The third-order valence-corrected chi connectivity index (χ3v) is 5.55. The Hall–Kier alpha value is -1.44. The Balaban J connectivity index is 2.25. The highest BCUT2D eigenvalue weighted by Gasteiger charge is 2.30. The number of benzene rings is 1. The highest BCUT2D eigenvalue weighted by atomic mass is 32.2. The highest BCUT2D eigenvalue weighted by molar-refractivity contribution is 7.89. The van der Waals surface area contributed by atoms with Crippen molar-refractivity contribution < 1.29 is 18.3 Å². The van der Waals surface area contributed by atoms with Crippen molar-refractivity contribution in [2.45, 2.75) is 17.7 Å². The van der Waals surface area contributed by atoms with Crippen LogP contribution in [0.4, 0.5) is 0 Å². The fraction of sp³-hybridized carbons (Fsp3) is 0.500. The van der Waals surface area contributed by atoms with E-state index in [1.807, 2.05) is 7.05 Å². The van der Waals surface area contributed by atoms with Gasteiger partial charge in [0.2, 0.25) is 10.0 Å². The summed E-state index contributed by atoms with van der Waals surface area (Å²) in [4.78, 5) is 11.0. The van der Waals surface area contributed by atoms with E-state index in [0.717, 1.165) is 19.4 Å². The molecule has 1 atom stereocenters. The number of carboxylic acid groups (broad SMARTS) is 1. The van der Waals surface area contributed by atoms with Crippen molar-refractivity contribution in [1.82, 2.24) is 9.62 Å². The maximum Gasteiger partial charge on any atom is 0.335 e. The van der Waals surface area contributed by atoms with Gasteiger partial charge in [-0.05, 0) is 50.6 Å². The number of piperidine rings is 1. The summed E-state index contributed by atoms with van der Waals surface area (Å²) < 4.78 is 26.7. The van der Waals surface area contributed by atoms with Crippen LogP contribution in [-0.2, 0) is 10.0 Å². The molecule has 21 heavy (non-hydrogen) atoms. The molecule has 2 rings (SSSR count). The molecule has 1 aliphatic rings. The molecular formula is C14H20N2O4S. The maximum absolute atomic E-state index is 12.6. The number of hydrogen-bond donors (Lipinski definition) is 2. The molecule has 1 aromatic carbocycles. The number of nitrogens with one attached hydrogen (secondary N) is 1. The second kappa shape index (κ2) is 6.55. The van der Waals surface area contributed by atoms with E-state index in [1.165, 1.54) is 28.6 Å². The van der Waals surface area contributed by atoms with Gasteiger partial charge in [0.15, 0.2) is 0 Å². The number of nitrogens with zero attached hydrogens (tertiary/aromatic N) is 1. The predicted molar refractivity (Wildman–Crippen MR) is 78.8 cm³/mol. The Morgan fingerprint density at radius 3 is 2.90 bits per heavy atom. The Morgan fingerprint density at radius 1 is 1.48 bits per heavy atom. The van der Waals surface area contributed by atoms with Crippen LogP contribution >= 0.6 is 0 Å². The maximum atomic E-state index is 12.6. The van der Waals surface area contributed by atoms with E-state index in [2.05, 4.69) is 5.32 Å². The minimum absolute atomic E-state index is 0.0140. The van der Waals surface area contributed by atoms with Crippen molar-refractivity contribution in [2.24, 2.45) is 5.92 Å². The molecule has 0 bridgehead atoms. The molecule has 2 N–H and O–H groups in total. The van der Waals surface area contributed by atoms with Gasteiger partial charge in [0.1, 0.15) is 0 Å². The predicted octanol–water partition coefficient (Wildman–Crippen LogP) is 1.00. The summed E-state index contributed by atoms with van der Waals surface area (Å²) in [6, 6.07) is 5.52. The second-order valence-corrected chi connectivity index (χ2v) is 7.20. The zero-order valence-corrected chi connectivity index (χ0v) is 12.8. The van der Waals surface area contributed by atoms with Crippen LogP contribution in [0.2, 0.25) is 0 Å². The van der Waals surface area contributed by atoms with Gasteiger partial charge in [-0.1, -0.05) is 6.07 Å². The molecule has 0 aromatic heterocycles. The molecule has 1 unspecified atom stereocenters. The summed E-state index contributed by atoms with van der Waals surface area (Å²) in [5.74, 6) is -0.833. The number of rotatable bonds is 5. The fourth-order valence-corrected chi connectivity index (χ4v) is 4.24. The first-order valence-electron chi connectivity index (χ1n) is 6.93. The van der Waals surface area contributed by atoms with Crippen molar-refractivity contribution in [1.29, 1.82) is 0 Å². The van der Waals surface area contributed by atoms with Crippen molar-refractivity contribution in [3.05, 3.63) is 29.8 Å². The van der Waals surface area contributed by atoms with Gasteiger partial charge in [-0.25, -0.2) is 13.2 Å². The van der Waals surface area contributed by atoms with Crippen LogP contribution in [0.3, 0.4) is 0 Å². The van der Waals surface area contributed by atoms with Gasteiger partial charge in [-0.3, -0.25) is 0 Å². The Bertz CT molecular complexity index is 613. The second-order valence-electron chi connectivity index (χ2n) is 5.26. The number of carboxylic acids is 1. The molecule has 1 aliphatic heterocycles. The lowest BCUT2D eigenvalue weighted by Crippen LogP contribution is -2.42. The van der Waals surface area contributed by atoms with Gasteiger partial charge in [-0.2, -0.15) is 4.31 Å². The zero-order valence-electron chi connectivity index (χ0n) is 11.9.